The molecule has 2 heterocycles. The Morgan fingerprint density at radius 1 is 1.00 bits per heavy atom. The Kier molecular flexibility index (Phi) is 4.64. The zero-order valence-electron chi connectivity index (χ0n) is 14.2. The van der Waals surface area contributed by atoms with E-state index in [1.54, 1.807) is 0 Å². The van der Waals surface area contributed by atoms with Crippen LogP contribution in [0.5, 0.6) is 0 Å². The molecule has 0 radical (unpaired) electrons. The van der Waals surface area contributed by atoms with E-state index in [1.165, 1.54) is 16.8 Å². The Morgan fingerprint density at radius 3 is 2.44 bits per heavy atom. The van der Waals surface area contributed by atoms with Gasteiger partial charge in [0.15, 0.2) is 6.23 Å². The van der Waals surface area contributed by atoms with Gasteiger partial charge in [0.05, 0.1) is 6.61 Å². The normalized spacial score (nSPS) is 17.2. The van der Waals surface area contributed by atoms with E-state index in [4.69, 9.17) is 4.74 Å². The van der Waals surface area contributed by atoms with Crippen LogP contribution in [-0.2, 0) is 11.2 Å². The third kappa shape index (κ3) is 3.37. The van der Waals surface area contributed by atoms with E-state index in [0.29, 0.717) is 0 Å². The standard InChI is InChI=1S/C21H21BrN2O/c1-2-16-3-7-20(8-4-16)24-13-14-25-21(24)17-11-12-23(15-17)19-9-5-18(22)6-10-19/h3-12,15,21H,2,13-14H2,1H3. The predicted molar refractivity (Wildman–Crippen MR) is 105 cm³/mol. The van der Waals surface area contributed by atoms with E-state index < -0.39 is 0 Å². The van der Waals surface area contributed by atoms with Crippen molar-refractivity contribution in [2.24, 2.45) is 0 Å². The number of nitrogens with zero attached hydrogens (tertiary/aromatic N) is 2. The van der Waals surface area contributed by atoms with Crippen LogP contribution >= 0.6 is 15.9 Å². The topological polar surface area (TPSA) is 17.4 Å². The number of benzene rings is 2. The molecule has 1 aliphatic heterocycles. The van der Waals surface area contributed by atoms with Crippen LogP contribution in [0.1, 0.15) is 24.3 Å². The van der Waals surface area contributed by atoms with Crippen LogP contribution in [0.2, 0.25) is 0 Å². The molecular formula is C21H21BrN2O. The van der Waals surface area contributed by atoms with Crippen LogP contribution in [0.15, 0.2) is 71.5 Å². The molecule has 1 saturated heterocycles. The summed E-state index contributed by atoms with van der Waals surface area (Å²) in [5.41, 5.74) is 4.91. The molecule has 0 spiro atoms. The first-order chi connectivity index (χ1) is 12.2. The van der Waals surface area contributed by atoms with Crippen molar-refractivity contribution < 1.29 is 4.74 Å². The van der Waals surface area contributed by atoms with Crippen LogP contribution in [0, 0.1) is 0 Å². The van der Waals surface area contributed by atoms with Crippen molar-refractivity contribution in [3.8, 4) is 5.69 Å². The Bertz CT molecular complexity index is 839. The first-order valence-corrected chi connectivity index (χ1v) is 9.45. The fourth-order valence-corrected chi connectivity index (χ4v) is 3.53. The van der Waals surface area contributed by atoms with Gasteiger partial charge in [-0.1, -0.05) is 35.0 Å². The molecule has 3 aromatic rings. The van der Waals surface area contributed by atoms with Crippen LogP contribution in [0.4, 0.5) is 5.69 Å². The first-order valence-electron chi connectivity index (χ1n) is 8.65. The van der Waals surface area contributed by atoms with Gasteiger partial charge in [-0.2, -0.15) is 0 Å². The van der Waals surface area contributed by atoms with Gasteiger partial charge in [0.25, 0.3) is 0 Å². The summed E-state index contributed by atoms with van der Waals surface area (Å²) in [6.45, 7) is 3.85. The number of rotatable bonds is 4. The highest BCUT2D eigenvalue weighted by Crippen LogP contribution is 2.33. The third-order valence-corrected chi connectivity index (χ3v) is 5.22. The second kappa shape index (κ2) is 7.06. The molecule has 2 aromatic carbocycles. The van der Waals surface area contributed by atoms with Crippen molar-refractivity contribution in [1.29, 1.82) is 0 Å². The van der Waals surface area contributed by atoms with Gasteiger partial charge >= 0.3 is 0 Å². The Hall–Kier alpha value is -2.04. The van der Waals surface area contributed by atoms with E-state index in [-0.39, 0.29) is 6.23 Å². The summed E-state index contributed by atoms with van der Waals surface area (Å²) in [5, 5.41) is 0. The summed E-state index contributed by atoms with van der Waals surface area (Å²) >= 11 is 3.49. The van der Waals surface area contributed by atoms with Crippen LogP contribution in [0.25, 0.3) is 5.69 Å². The van der Waals surface area contributed by atoms with Crippen LogP contribution < -0.4 is 4.90 Å². The summed E-state index contributed by atoms with van der Waals surface area (Å²) in [6, 6.07) is 19.3. The third-order valence-electron chi connectivity index (χ3n) is 4.69. The van der Waals surface area contributed by atoms with Gasteiger partial charge in [0.2, 0.25) is 0 Å². The predicted octanol–water partition coefficient (Wildman–Crippen LogP) is 5.34. The lowest BCUT2D eigenvalue weighted by molar-refractivity contribution is 0.114. The van der Waals surface area contributed by atoms with Gasteiger partial charge in [0.1, 0.15) is 0 Å². The Balaban J connectivity index is 1.59. The number of hydrogen-bond acceptors (Lipinski definition) is 2. The summed E-state index contributed by atoms with van der Waals surface area (Å²) in [6.07, 6.45) is 5.30. The van der Waals surface area contributed by atoms with E-state index in [1.807, 2.05) is 0 Å². The highest BCUT2D eigenvalue weighted by Gasteiger charge is 2.27. The minimum atomic E-state index is -0.0239. The largest absolute Gasteiger partial charge is 0.352 e. The van der Waals surface area contributed by atoms with Crippen molar-refractivity contribution in [2.45, 2.75) is 19.6 Å². The molecule has 0 saturated carbocycles. The molecular weight excluding hydrogens is 376 g/mol. The summed E-state index contributed by atoms with van der Waals surface area (Å²) in [7, 11) is 0. The summed E-state index contributed by atoms with van der Waals surface area (Å²) in [4.78, 5) is 2.33. The van der Waals surface area contributed by atoms with Gasteiger partial charge < -0.3 is 14.2 Å². The molecule has 0 N–H and O–H groups in total. The van der Waals surface area contributed by atoms with Crippen LogP contribution in [0.3, 0.4) is 0 Å². The Morgan fingerprint density at radius 2 is 1.72 bits per heavy atom. The lowest BCUT2D eigenvalue weighted by Crippen LogP contribution is -2.22. The molecule has 4 heteroatoms. The maximum atomic E-state index is 6.04. The van der Waals surface area contributed by atoms with Crippen molar-refractivity contribution in [1.82, 2.24) is 4.57 Å². The van der Waals surface area contributed by atoms with Crippen molar-refractivity contribution >= 4 is 21.6 Å². The minimum Gasteiger partial charge on any atom is -0.352 e. The number of halogens is 1. The lowest BCUT2D eigenvalue weighted by Gasteiger charge is -2.24. The number of aryl methyl sites for hydroxylation is 1. The highest BCUT2D eigenvalue weighted by molar-refractivity contribution is 9.10. The average Bonchev–Trinajstić information content (AvgIpc) is 3.31. The average molecular weight is 397 g/mol. The van der Waals surface area contributed by atoms with Crippen LogP contribution in [-0.4, -0.2) is 17.7 Å². The molecule has 1 aromatic heterocycles. The zero-order valence-corrected chi connectivity index (χ0v) is 15.8. The molecule has 0 bridgehead atoms. The maximum Gasteiger partial charge on any atom is 0.158 e. The van der Waals surface area contributed by atoms with Gasteiger partial charge in [-0.25, -0.2) is 0 Å². The molecule has 25 heavy (non-hydrogen) atoms. The number of aromatic nitrogens is 1. The summed E-state index contributed by atoms with van der Waals surface area (Å²) in [5.74, 6) is 0. The number of hydrogen-bond donors (Lipinski definition) is 0. The maximum absolute atomic E-state index is 6.04. The molecule has 1 atom stereocenters. The van der Waals surface area contributed by atoms with E-state index in [2.05, 4.69) is 99.3 Å². The van der Waals surface area contributed by atoms with Gasteiger partial charge in [-0.15, -0.1) is 0 Å². The zero-order chi connectivity index (χ0) is 17.2. The molecule has 0 aliphatic carbocycles. The van der Waals surface area contributed by atoms with E-state index in [0.717, 1.165) is 29.7 Å². The number of ether oxygens (including phenoxy) is 1. The minimum absolute atomic E-state index is 0.0239. The van der Waals surface area contributed by atoms with Crippen molar-refractivity contribution in [2.75, 3.05) is 18.1 Å². The fraction of sp³-hybridized carbons (Fsp3) is 0.238. The molecule has 0 amide bonds. The molecule has 1 unspecified atom stereocenters. The SMILES string of the molecule is CCc1ccc(N2CCOC2c2ccn(-c3ccc(Br)cc3)c2)cc1. The molecule has 3 nitrogen and oxygen atoms in total. The quantitative estimate of drug-likeness (QED) is 0.592. The molecule has 1 aliphatic rings. The first kappa shape index (κ1) is 16.4. The highest BCUT2D eigenvalue weighted by atomic mass is 79.9. The molecule has 128 valence electrons. The smallest absolute Gasteiger partial charge is 0.158 e. The second-order valence-corrected chi connectivity index (χ2v) is 7.18. The van der Waals surface area contributed by atoms with Crippen molar-refractivity contribution in [3.63, 3.8) is 0 Å². The van der Waals surface area contributed by atoms with Gasteiger partial charge in [-0.3, -0.25) is 0 Å². The monoisotopic (exact) mass is 396 g/mol. The van der Waals surface area contributed by atoms with Gasteiger partial charge in [-0.05, 0) is 54.4 Å². The van der Waals surface area contributed by atoms with E-state index >= 15 is 0 Å². The fourth-order valence-electron chi connectivity index (χ4n) is 3.27. The summed E-state index contributed by atoms with van der Waals surface area (Å²) < 4.78 is 9.26. The molecule has 4 rings (SSSR count). The van der Waals surface area contributed by atoms with E-state index in [9.17, 15) is 0 Å². The number of anilines is 1. The van der Waals surface area contributed by atoms with Crippen molar-refractivity contribution in [3.05, 3.63) is 82.6 Å². The van der Waals surface area contributed by atoms with Gasteiger partial charge in [0, 0.05) is 40.3 Å². The second-order valence-electron chi connectivity index (χ2n) is 6.27. The molecule has 1 fully saturated rings. The Labute approximate surface area is 157 Å². The lowest BCUT2D eigenvalue weighted by atomic mass is 10.1.